The fraction of sp³-hybridized carbons (Fsp3) is 0.174. The zero-order chi connectivity index (χ0) is 21.4. The molecule has 31 heavy (non-hydrogen) atoms. The van der Waals surface area contributed by atoms with Crippen LogP contribution in [0.5, 0.6) is 11.6 Å². The fourth-order valence-electron chi connectivity index (χ4n) is 3.73. The Bertz CT molecular complexity index is 1300. The summed E-state index contributed by atoms with van der Waals surface area (Å²) >= 11 is 6.21. The van der Waals surface area contributed by atoms with Crippen LogP contribution in [-0.4, -0.2) is 27.1 Å². The third kappa shape index (κ3) is 3.85. The van der Waals surface area contributed by atoms with Gasteiger partial charge in [0.2, 0.25) is 5.88 Å². The summed E-state index contributed by atoms with van der Waals surface area (Å²) in [6.07, 6.45) is 4.08. The summed E-state index contributed by atoms with van der Waals surface area (Å²) in [5.74, 6) is 1.24. The van der Waals surface area contributed by atoms with E-state index in [4.69, 9.17) is 16.3 Å². The van der Waals surface area contributed by atoms with Crippen LogP contribution in [-0.2, 0) is 13.0 Å². The molecule has 156 valence electrons. The van der Waals surface area contributed by atoms with Crippen LogP contribution >= 0.6 is 11.6 Å². The van der Waals surface area contributed by atoms with Gasteiger partial charge in [0, 0.05) is 23.7 Å². The molecular formula is C23H20ClN5O2. The van der Waals surface area contributed by atoms with E-state index in [1.807, 2.05) is 43.3 Å². The van der Waals surface area contributed by atoms with Gasteiger partial charge in [0.15, 0.2) is 0 Å². The number of carbonyl (C=O) groups is 1. The van der Waals surface area contributed by atoms with Crippen LogP contribution in [0.25, 0.3) is 10.9 Å². The molecule has 0 atom stereocenters. The standard InChI is InChI=1S/C23H20ClN5O2/c1-14-2-4-18(24)19(10-14)28-23(30)29-9-7-15-11-16(3-5-21(15)29)31-22-17-6-8-25-12-20(17)26-13-27-22/h2-5,7,9-11,13,25H,6,8,12H2,1H3,(H,28,30). The molecule has 0 radical (unpaired) electrons. The molecule has 1 aliphatic heterocycles. The average molecular weight is 434 g/mol. The van der Waals surface area contributed by atoms with Gasteiger partial charge in [0.25, 0.3) is 0 Å². The highest BCUT2D eigenvalue weighted by Gasteiger charge is 2.17. The Balaban J connectivity index is 1.40. The SMILES string of the molecule is Cc1ccc(Cl)c(NC(=O)n2ccc3cc(Oc4ncnc5c4CCNC5)ccc32)c1. The number of hydrogen-bond acceptors (Lipinski definition) is 5. The second-order valence-corrected chi connectivity index (χ2v) is 7.86. The Morgan fingerprint density at radius 1 is 1.19 bits per heavy atom. The van der Waals surface area contributed by atoms with Gasteiger partial charge in [-0.2, -0.15) is 0 Å². The van der Waals surface area contributed by atoms with E-state index in [9.17, 15) is 4.79 Å². The van der Waals surface area contributed by atoms with E-state index in [0.29, 0.717) is 22.3 Å². The predicted molar refractivity (Wildman–Crippen MR) is 120 cm³/mol. The number of nitrogens with one attached hydrogen (secondary N) is 2. The van der Waals surface area contributed by atoms with E-state index >= 15 is 0 Å². The van der Waals surface area contributed by atoms with Crippen molar-refractivity contribution in [3.05, 3.63) is 76.8 Å². The smallest absolute Gasteiger partial charge is 0.330 e. The number of nitrogens with zero attached hydrogens (tertiary/aromatic N) is 3. The lowest BCUT2D eigenvalue weighted by atomic mass is 10.1. The Morgan fingerprint density at radius 3 is 3.00 bits per heavy atom. The van der Waals surface area contributed by atoms with Crippen molar-refractivity contribution in [1.82, 2.24) is 19.9 Å². The van der Waals surface area contributed by atoms with Gasteiger partial charge in [-0.3, -0.25) is 4.57 Å². The molecule has 1 amide bonds. The number of anilines is 1. The number of rotatable bonds is 3. The van der Waals surface area contributed by atoms with Crippen molar-refractivity contribution < 1.29 is 9.53 Å². The molecule has 8 heteroatoms. The van der Waals surface area contributed by atoms with Crippen molar-refractivity contribution in [2.75, 3.05) is 11.9 Å². The highest BCUT2D eigenvalue weighted by Crippen LogP contribution is 2.29. The van der Waals surface area contributed by atoms with Crippen LogP contribution < -0.4 is 15.4 Å². The number of fused-ring (bicyclic) bond motifs is 2. The first-order chi connectivity index (χ1) is 15.1. The molecule has 2 aromatic heterocycles. The van der Waals surface area contributed by atoms with E-state index < -0.39 is 0 Å². The molecule has 0 saturated carbocycles. The Hall–Kier alpha value is -3.42. The van der Waals surface area contributed by atoms with Gasteiger partial charge in [-0.25, -0.2) is 14.8 Å². The number of aryl methyl sites for hydroxylation is 1. The molecule has 7 nitrogen and oxygen atoms in total. The summed E-state index contributed by atoms with van der Waals surface area (Å²) < 4.78 is 7.62. The van der Waals surface area contributed by atoms with Crippen LogP contribution in [0.1, 0.15) is 16.8 Å². The summed E-state index contributed by atoms with van der Waals surface area (Å²) in [6, 6.07) is 12.7. The second kappa shape index (κ2) is 8.02. The maximum absolute atomic E-state index is 12.8. The molecule has 2 N–H and O–H groups in total. The number of aromatic nitrogens is 3. The second-order valence-electron chi connectivity index (χ2n) is 7.45. The molecule has 1 aliphatic rings. The first kappa shape index (κ1) is 19.5. The molecule has 3 heterocycles. The van der Waals surface area contributed by atoms with Crippen LogP contribution in [0, 0.1) is 6.92 Å². The van der Waals surface area contributed by atoms with Crippen LogP contribution in [0.2, 0.25) is 5.02 Å². The average Bonchev–Trinajstić information content (AvgIpc) is 3.20. The summed E-state index contributed by atoms with van der Waals surface area (Å²) in [7, 11) is 0. The zero-order valence-electron chi connectivity index (χ0n) is 16.9. The quantitative estimate of drug-likeness (QED) is 0.479. The van der Waals surface area contributed by atoms with Gasteiger partial charge in [-0.15, -0.1) is 0 Å². The summed E-state index contributed by atoms with van der Waals surface area (Å²) in [5, 5.41) is 7.55. The van der Waals surface area contributed by atoms with E-state index in [-0.39, 0.29) is 6.03 Å². The molecule has 2 aromatic carbocycles. The van der Waals surface area contributed by atoms with Gasteiger partial charge >= 0.3 is 6.03 Å². The zero-order valence-corrected chi connectivity index (χ0v) is 17.6. The molecule has 0 bridgehead atoms. The summed E-state index contributed by atoms with van der Waals surface area (Å²) in [6.45, 7) is 3.54. The normalized spacial score (nSPS) is 13.1. The highest BCUT2D eigenvalue weighted by molar-refractivity contribution is 6.33. The number of amides is 1. The number of benzene rings is 2. The van der Waals surface area contributed by atoms with Crippen molar-refractivity contribution >= 4 is 34.2 Å². The Kier molecular flexibility index (Phi) is 5.05. The van der Waals surface area contributed by atoms with Crippen molar-refractivity contribution in [2.24, 2.45) is 0 Å². The Labute approximate surface area is 184 Å². The molecule has 0 unspecified atom stereocenters. The highest BCUT2D eigenvalue weighted by atomic mass is 35.5. The van der Waals surface area contributed by atoms with Crippen molar-refractivity contribution in [2.45, 2.75) is 19.9 Å². The minimum atomic E-state index is -0.284. The molecule has 0 aliphatic carbocycles. The lowest BCUT2D eigenvalue weighted by Gasteiger charge is -2.18. The van der Waals surface area contributed by atoms with E-state index in [0.717, 1.165) is 47.2 Å². The van der Waals surface area contributed by atoms with Gasteiger partial charge in [0.05, 0.1) is 21.9 Å². The minimum absolute atomic E-state index is 0.284. The topological polar surface area (TPSA) is 81.1 Å². The van der Waals surface area contributed by atoms with Crippen molar-refractivity contribution in [3.8, 4) is 11.6 Å². The molecule has 0 saturated heterocycles. The first-order valence-electron chi connectivity index (χ1n) is 9.98. The maximum Gasteiger partial charge on any atom is 0.330 e. The van der Waals surface area contributed by atoms with Crippen molar-refractivity contribution in [1.29, 1.82) is 0 Å². The van der Waals surface area contributed by atoms with Gasteiger partial charge in [0.1, 0.15) is 12.1 Å². The lowest BCUT2D eigenvalue weighted by molar-refractivity contribution is 0.254. The summed E-state index contributed by atoms with van der Waals surface area (Å²) in [5.41, 5.74) is 4.36. The minimum Gasteiger partial charge on any atom is -0.439 e. The molecule has 4 aromatic rings. The van der Waals surface area contributed by atoms with Crippen molar-refractivity contribution in [3.63, 3.8) is 0 Å². The van der Waals surface area contributed by atoms with Gasteiger partial charge < -0.3 is 15.4 Å². The number of ether oxygens (including phenoxy) is 1. The maximum atomic E-state index is 12.8. The summed E-state index contributed by atoms with van der Waals surface area (Å²) in [4.78, 5) is 21.5. The number of halogens is 1. The molecular weight excluding hydrogens is 414 g/mol. The Morgan fingerprint density at radius 2 is 2.10 bits per heavy atom. The largest absolute Gasteiger partial charge is 0.439 e. The number of hydrogen-bond donors (Lipinski definition) is 2. The van der Waals surface area contributed by atoms with Crippen LogP contribution in [0.3, 0.4) is 0 Å². The third-order valence-electron chi connectivity index (χ3n) is 5.30. The fourth-order valence-corrected chi connectivity index (χ4v) is 3.89. The first-order valence-corrected chi connectivity index (χ1v) is 10.4. The van der Waals surface area contributed by atoms with Crippen LogP contribution in [0.15, 0.2) is 55.0 Å². The monoisotopic (exact) mass is 433 g/mol. The van der Waals surface area contributed by atoms with E-state index in [2.05, 4.69) is 20.6 Å². The van der Waals surface area contributed by atoms with Gasteiger partial charge in [-0.1, -0.05) is 17.7 Å². The van der Waals surface area contributed by atoms with E-state index in [1.54, 1.807) is 16.8 Å². The predicted octanol–water partition coefficient (Wildman–Crippen LogP) is 4.91. The van der Waals surface area contributed by atoms with E-state index in [1.165, 1.54) is 6.33 Å². The lowest BCUT2D eigenvalue weighted by Crippen LogP contribution is -2.25. The molecule has 0 spiro atoms. The molecule has 0 fully saturated rings. The third-order valence-corrected chi connectivity index (χ3v) is 5.63. The van der Waals surface area contributed by atoms with Gasteiger partial charge in [-0.05, 0) is 61.9 Å². The van der Waals surface area contributed by atoms with Crippen LogP contribution in [0.4, 0.5) is 10.5 Å². The number of carbonyl (C=O) groups excluding carboxylic acids is 1. The molecule has 5 rings (SSSR count).